The minimum absolute atomic E-state index is 0.155. The van der Waals surface area contributed by atoms with Crippen molar-refractivity contribution in [2.24, 2.45) is 0 Å². The second kappa shape index (κ2) is 6.17. The highest BCUT2D eigenvalue weighted by Gasteiger charge is 2.30. The van der Waals surface area contributed by atoms with E-state index in [1.54, 1.807) is 0 Å². The predicted molar refractivity (Wildman–Crippen MR) is 87.7 cm³/mol. The molecule has 0 unspecified atom stereocenters. The van der Waals surface area contributed by atoms with E-state index >= 15 is 0 Å². The molecule has 1 aromatic heterocycles. The van der Waals surface area contributed by atoms with Crippen LogP contribution in [0.3, 0.4) is 0 Å². The van der Waals surface area contributed by atoms with Gasteiger partial charge in [-0.3, -0.25) is 0 Å². The summed E-state index contributed by atoms with van der Waals surface area (Å²) >= 11 is 6.00. The second-order valence-electron chi connectivity index (χ2n) is 5.53. The summed E-state index contributed by atoms with van der Waals surface area (Å²) in [5.74, 6) is 1.75. The van der Waals surface area contributed by atoms with Gasteiger partial charge in [0.05, 0.1) is 11.0 Å². The van der Waals surface area contributed by atoms with Crippen LogP contribution in [0.1, 0.15) is 51.4 Å². The lowest BCUT2D eigenvalue weighted by molar-refractivity contribution is 0.251. The van der Waals surface area contributed by atoms with Gasteiger partial charge < -0.3 is 4.57 Å². The molecule has 2 rings (SSSR count). The summed E-state index contributed by atoms with van der Waals surface area (Å²) in [6, 6.07) is 6.38. The van der Waals surface area contributed by atoms with Crippen LogP contribution in [-0.4, -0.2) is 15.4 Å². The molecule has 20 heavy (non-hydrogen) atoms. The van der Waals surface area contributed by atoms with Gasteiger partial charge in [-0.05, 0) is 37.8 Å². The maximum atomic E-state index is 6.00. The summed E-state index contributed by atoms with van der Waals surface area (Å²) in [6.07, 6.45) is 4.19. The monoisotopic (exact) mass is 292 g/mol. The van der Waals surface area contributed by atoms with Crippen molar-refractivity contribution in [2.75, 3.05) is 5.88 Å². The lowest BCUT2D eigenvalue weighted by Gasteiger charge is -2.35. The summed E-state index contributed by atoms with van der Waals surface area (Å²) in [7, 11) is 0. The topological polar surface area (TPSA) is 17.8 Å². The SMILES string of the molecule is CCC(CC)(CC)n1c(CCCl)nc2cccc(C)c21. The molecule has 0 atom stereocenters. The predicted octanol–water partition coefficient (Wildman–Crippen LogP) is 5.05. The molecule has 0 aliphatic heterocycles. The number of aryl methyl sites for hydroxylation is 2. The van der Waals surface area contributed by atoms with E-state index in [2.05, 4.69) is 50.5 Å². The molecular weight excluding hydrogens is 268 g/mol. The van der Waals surface area contributed by atoms with Crippen molar-refractivity contribution < 1.29 is 0 Å². The molecule has 0 fully saturated rings. The molecule has 2 aromatic rings. The summed E-state index contributed by atoms with van der Waals surface area (Å²) in [4.78, 5) is 4.85. The first-order valence-corrected chi connectivity index (χ1v) is 8.20. The fourth-order valence-corrected chi connectivity index (χ4v) is 3.50. The first-order chi connectivity index (χ1) is 9.63. The maximum Gasteiger partial charge on any atom is 0.111 e. The molecule has 3 heteroatoms. The van der Waals surface area contributed by atoms with Crippen LogP contribution in [0.5, 0.6) is 0 Å². The number of nitrogens with zero attached hydrogens (tertiary/aromatic N) is 2. The minimum atomic E-state index is 0.155. The van der Waals surface area contributed by atoms with Gasteiger partial charge in [0.2, 0.25) is 0 Å². The first-order valence-electron chi connectivity index (χ1n) is 7.66. The number of imidazole rings is 1. The number of para-hydroxylation sites is 1. The number of halogens is 1. The highest BCUT2D eigenvalue weighted by Crippen LogP contribution is 2.35. The van der Waals surface area contributed by atoms with Crippen molar-refractivity contribution in [1.82, 2.24) is 9.55 Å². The number of benzene rings is 1. The Kier molecular flexibility index (Phi) is 4.74. The van der Waals surface area contributed by atoms with Crippen molar-refractivity contribution in [3.05, 3.63) is 29.6 Å². The van der Waals surface area contributed by atoms with Crippen LogP contribution in [-0.2, 0) is 12.0 Å². The number of aromatic nitrogens is 2. The Labute approximate surface area is 127 Å². The summed E-state index contributed by atoms with van der Waals surface area (Å²) in [6.45, 7) is 9.02. The van der Waals surface area contributed by atoms with E-state index in [4.69, 9.17) is 16.6 Å². The van der Waals surface area contributed by atoms with Gasteiger partial charge in [0.15, 0.2) is 0 Å². The van der Waals surface area contributed by atoms with E-state index in [1.807, 2.05) is 0 Å². The molecule has 0 bridgehead atoms. The van der Waals surface area contributed by atoms with Crippen molar-refractivity contribution in [1.29, 1.82) is 0 Å². The summed E-state index contributed by atoms with van der Waals surface area (Å²) in [5.41, 5.74) is 3.85. The lowest BCUT2D eigenvalue weighted by atomic mass is 9.88. The van der Waals surface area contributed by atoms with E-state index in [9.17, 15) is 0 Å². The average molecular weight is 293 g/mol. The molecule has 2 nitrogen and oxygen atoms in total. The van der Waals surface area contributed by atoms with E-state index in [0.717, 1.165) is 37.0 Å². The molecule has 1 aromatic carbocycles. The van der Waals surface area contributed by atoms with Gasteiger partial charge in [-0.2, -0.15) is 0 Å². The third-order valence-electron chi connectivity index (χ3n) is 4.71. The second-order valence-corrected chi connectivity index (χ2v) is 5.91. The molecule has 0 aliphatic rings. The Morgan fingerprint density at radius 1 is 1.15 bits per heavy atom. The minimum Gasteiger partial charge on any atom is -0.322 e. The van der Waals surface area contributed by atoms with Gasteiger partial charge in [0.25, 0.3) is 0 Å². The molecular formula is C17H25ClN2. The average Bonchev–Trinajstić information content (AvgIpc) is 2.83. The number of fused-ring (bicyclic) bond motifs is 1. The fraction of sp³-hybridized carbons (Fsp3) is 0.588. The zero-order valence-electron chi connectivity index (χ0n) is 13.0. The molecule has 0 N–H and O–H groups in total. The molecule has 1 heterocycles. The van der Waals surface area contributed by atoms with Crippen molar-refractivity contribution in [2.45, 2.75) is 58.9 Å². The summed E-state index contributed by atoms with van der Waals surface area (Å²) in [5, 5.41) is 0. The van der Waals surface area contributed by atoms with E-state index in [0.29, 0.717) is 5.88 Å². The van der Waals surface area contributed by atoms with Gasteiger partial charge in [0, 0.05) is 17.8 Å². The molecule has 110 valence electrons. The normalized spacial score (nSPS) is 12.2. The van der Waals surface area contributed by atoms with Crippen molar-refractivity contribution in [3.63, 3.8) is 0 Å². The van der Waals surface area contributed by atoms with Crippen LogP contribution in [0.25, 0.3) is 11.0 Å². The maximum absolute atomic E-state index is 6.00. The Bertz CT molecular complexity index is 574. The Balaban J connectivity index is 2.79. The molecule has 0 aliphatic carbocycles. The van der Waals surface area contributed by atoms with Crippen LogP contribution in [0, 0.1) is 6.92 Å². The van der Waals surface area contributed by atoms with Crippen LogP contribution in [0.15, 0.2) is 18.2 Å². The smallest absolute Gasteiger partial charge is 0.111 e. The fourth-order valence-electron chi connectivity index (χ4n) is 3.33. The van der Waals surface area contributed by atoms with E-state index < -0.39 is 0 Å². The highest BCUT2D eigenvalue weighted by molar-refractivity contribution is 6.17. The van der Waals surface area contributed by atoms with Crippen LogP contribution in [0.2, 0.25) is 0 Å². The number of hydrogen-bond donors (Lipinski definition) is 0. The largest absolute Gasteiger partial charge is 0.322 e. The van der Waals surface area contributed by atoms with Gasteiger partial charge in [-0.1, -0.05) is 32.9 Å². The van der Waals surface area contributed by atoms with Gasteiger partial charge in [-0.25, -0.2) is 4.98 Å². The van der Waals surface area contributed by atoms with Crippen LogP contribution >= 0.6 is 11.6 Å². The molecule has 0 saturated carbocycles. The highest BCUT2D eigenvalue weighted by atomic mass is 35.5. The first kappa shape index (κ1) is 15.4. The number of alkyl halides is 1. The van der Waals surface area contributed by atoms with E-state index in [-0.39, 0.29) is 5.54 Å². The number of hydrogen-bond acceptors (Lipinski definition) is 1. The van der Waals surface area contributed by atoms with Gasteiger partial charge in [0.1, 0.15) is 5.82 Å². The van der Waals surface area contributed by atoms with Gasteiger partial charge >= 0.3 is 0 Å². The lowest BCUT2D eigenvalue weighted by Crippen LogP contribution is -2.33. The van der Waals surface area contributed by atoms with Crippen LogP contribution < -0.4 is 0 Å². The molecule has 0 spiro atoms. The Morgan fingerprint density at radius 2 is 1.80 bits per heavy atom. The van der Waals surface area contributed by atoms with E-state index in [1.165, 1.54) is 11.1 Å². The number of rotatable bonds is 6. The standard InChI is InChI=1S/C17H25ClN2/c1-5-17(6-2,7-3)20-15(11-12-18)19-14-10-8-9-13(4)16(14)20/h8-10H,5-7,11-12H2,1-4H3. The third kappa shape index (κ3) is 2.35. The summed E-state index contributed by atoms with van der Waals surface area (Å²) < 4.78 is 2.49. The van der Waals surface area contributed by atoms with Crippen molar-refractivity contribution >= 4 is 22.6 Å². The molecule has 0 saturated heterocycles. The third-order valence-corrected chi connectivity index (χ3v) is 4.90. The molecule has 0 radical (unpaired) electrons. The molecule has 0 amide bonds. The van der Waals surface area contributed by atoms with Crippen LogP contribution in [0.4, 0.5) is 0 Å². The zero-order chi connectivity index (χ0) is 14.8. The van der Waals surface area contributed by atoms with Crippen molar-refractivity contribution in [3.8, 4) is 0 Å². The zero-order valence-corrected chi connectivity index (χ0v) is 13.8. The quantitative estimate of drug-likeness (QED) is 0.681. The Hall–Kier alpha value is -1.02. The van der Waals surface area contributed by atoms with Gasteiger partial charge in [-0.15, -0.1) is 11.6 Å². The Morgan fingerprint density at radius 3 is 2.35 bits per heavy atom.